The molecule has 1 N–H and O–H groups in total. The average Bonchev–Trinajstić information content (AvgIpc) is 2.14. The average molecular weight is 242 g/mol. The molecule has 0 aliphatic heterocycles. The summed E-state index contributed by atoms with van der Waals surface area (Å²) in [5.41, 5.74) is 1.40. The van der Waals surface area contributed by atoms with Crippen molar-refractivity contribution in [2.75, 3.05) is 13.1 Å². The Morgan fingerprint density at radius 2 is 2.00 bits per heavy atom. The van der Waals surface area contributed by atoms with Crippen molar-refractivity contribution in [2.24, 2.45) is 0 Å². The third kappa shape index (κ3) is 5.06. The highest BCUT2D eigenvalue weighted by Crippen LogP contribution is 1.98. The van der Waals surface area contributed by atoms with Crippen molar-refractivity contribution in [1.82, 2.24) is 5.32 Å². The molecule has 0 spiro atoms. The summed E-state index contributed by atoms with van der Waals surface area (Å²) in [6, 6.07) is 10.6. The van der Waals surface area contributed by atoms with E-state index in [1.54, 1.807) is 0 Å². The summed E-state index contributed by atoms with van der Waals surface area (Å²) in [4.78, 5) is 0.559. The molecule has 72 valence electrons. The van der Waals surface area contributed by atoms with Gasteiger partial charge in [0.05, 0.1) is 0 Å². The molecule has 1 nitrogen and oxygen atoms in total. The lowest BCUT2D eigenvalue weighted by atomic mass is 10.1. The smallest absolute Gasteiger partial charge is 0.0242 e. The first kappa shape index (κ1) is 10.7. The van der Waals surface area contributed by atoms with Gasteiger partial charge in [-0.1, -0.05) is 53.2 Å². The van der Waals surface area contributed by atoms with E-state index >= 15 is 0 Å². The van der Waals surface area contributed by atoms with E-state index in [0.29, 0.717) is 4.83 Å². The molecule has 13 heavy (non-hydrogen) atoms. The zero-order valence-electron chi connectivity index (χ0n) is 7.96. The van der Waals surface area contributed by atoms with Gasteiger partial charge in [0.15, 0.2) is 0 Å². The predicted octanol–water partition coefficient (Wildman–Crippen LogP) is 2.60. The van der Waals surface area contributed by atoms with Crippen molar-refractivity contribution in [1.29, 1.82) is 0 Å². The van der Waals surface area contributed by atoms with Crippen LogP contribution in [0.5, 0.6) is 0 Å². The summed E-state index contributed by atoms with van der Waals surface area (Å²) < 4.78 is 0. The van der Waals surface area contributed by atoms with E-state index in [9.17, 15) is 0 Å². The SMILES string of the molecule is CC(Br)CNCCc1ccccc1. The van der Waals surface area contributed by atoms with Gasteiger partial charge in [-0.05, 0) is 18.5 Å². The van der Waals surface area contributed by atoms with Gasteiger partial charge in [-0.3, -0.25) is 0 Å². The number of hydrogen-bond acceptors (Lipinski definition) is 1. The van der Waals surface area contributed by atoms with Crippen LogP contribution >= 0.6 is 15.9 Å². The Bertz CT molecular complexity index is 221. The third-order valence-corrected chi connectivity index (χ3v) is 2.18. The van der Waals surface area contributed by atoms with Gasteiger partial charge in [-0.15, -0.1) is 0 Å². The molecular weight excluding hydrogens is 226 g/mol. The Kier molecular flexibility index (Phi) is 5.09. The summed E-state index contributed by atoms with van der Waals surface area (Å²) >= 11 is 3.50. The molecule has 1 unspecified atom stereocenters. The molecule has 0 saturated heterocycles. The first-order valence-electron chi connectivity index (χ1n) is 4.68. The van der Waals surface area contributed by atoms with Crippen LogP contribution in [0, 0.1) is 0 Å². The second-order valence-electron chi connectivity index (χ2n) is 3.22. The van der Waals surface area contributed by atoms with Crippen LogP contribution in [0.1, 0.15) is 12.5 Å². The van der Waals surface area contributed by atoms with Gasteiger partial charge in [-0.25, -0.2) is 0 Å². The topological polar surface area (TPSA) is 12.0 Å². The molecule has 0 aromatic heterocycles. The molecule has 1 aromatic rings. The normalized spacial score (nSPS) is 12.8. The highest BCUT2D eigenvalue weighted by Gasteiger charge is 1.94. The summed E-state index contributed by atoms with van der Waals surface area (Å²) in [6.07, 6.45) is 1.11. The van der Waals surface area contributed by atoms with Gasteiger partial charge >= 0.3 is 0 Å². The largest absolute Gasteiger partial charge is 0.315 e. The van der Waals surface area contributed by atoms with E-state index in [4.69, 9.17) is 0 Å². The van der Waals surface area contributed by atoms with Crippen LogP contribution in [-0.2, 0) is 6.42 Å². The maximum absolute atomic E-state index is 3.50. The van der Waals surface area contributed by atoms with Gasteiger partial charge in [0.1, 0.15) is 0 Å². The number of alkyl halides is 1. The van der Waals surface area contributed by atoms with Crippen molar-refractivity contribution in [3.8, 4) is 0 Å². The van der Waals surface area contributed by atoms with Crippen molar-refractivity contribution in [3.63, 3.8) is 0 Å². The van der Waals surface area contributed by atoms with Crippen molar-refractivity contribution in [2.45, 2.75) is 18.2 Å². The van der Waals surface area contributed by atoms with Crippen LogP contribution < -0.4 is 5.32 Å². The Balaban J connectivity index is 2.13. The molecule has 1 atom stereocenters. The lowest BCUT2D eigenvalue weighted by Gasteiger charge is -2.05. The molecule has 0 heterocycles. The highest BCUT2D eigenvalue weighted by atomic mass is 79.9. The van der Waals surface area contributed by atoms with Crippen LogP contribution in [0.25, 0.3) is 0 Å². The number of benzene rings is 1. The third-order valence-electron chi connectivity index (χ3n) is 1.86. The quantitative estimate of drug-likeness (QED) is 0.618. The molecule has 2 heteroatoms. The summed E-state index contributed by atoms with van der Waals surface area (Å²) in [5, 5.41) is 3.39. The van der Waals surface area contributed by atoms with Crippen molar-refractivity contribution >= 4 is 15.9 Å². The fraction of sp³-hybridized carbons (Fsp3) is 0.455. The first-order chi connectivity index (χ1) is 6.29. The highest BCUT2D eigenvalue weighted by molar-refractivity contribution is 9.09. The molecular formula is C11H16BrN. The van der Waals surface area contributed by atoms with Gasteiger partial charge in [0, 0.05) is 11.4 Å². The zero-order chi connectivity index (χ0) is 9.52. The van der Waals surface area contributed by atoms with E-state index in [1.807, 2.05) is 0 Å². The van der Waals surface area contributed by atoms with E-state index in [-0.39, 0.29) is 0 Å². The minimum absolute atomic E-state index is 0.559. The summed E-state index contributed by atoms with van der Waals surface area (Å²) in [6.45, 7) is 4.24. The van der Waals surface area contributed by atoms with Crippen LogP contribution in [0.4, 0.5) is 0 Å². The second-order valence-corrected chi connectivity index (χ2v) is 4.78. The Labute approximate surface area is 88.7 Å². The minimum atomic E-state index is 0.559. The van der Waals surface area contributed by atoms with Crippen LogP contribution in [0.2, 0.25) is 0 Å². The van der Waals surface area contributed by atoms with E-state index in [1.165, 1.54) is 5.56 Å². The number of halogens is 1. The number of nitrogens with one attached hydrogen (secondary N) is 1. The van der Waals surface area contributed by atoms with E-state index < -0.39 is 0 Å². The molecule has 1 rings (SSSR count). The number of hydrogen-bond donors (Lipinski definition) is 1. The fourth-order valence-corrected chi connectivity index (χ4v) is 1.41. The van der Waals surface area contributed by atoms with Crippen LogP contribution in [0.3, 0.4) is 0 Å². The lowest BCUT2D eigenvalue weighted by molar-refractivity contribution is 0.683. The molecule has 0 aliphatic rings. The fourth-order valence-electron chi connectivity index (χ4n) is 1.18. The van der Waals surface area contributed by atoms with Crippen molar-refractivity contribution in [3.05, 3.63) is 35.9 Å². The molecule has 0 amide bonds. The molecule has 0 aliphatic carbocycles. The first-order valence-corrected chi connectivity index (χ1v) is 5.59. The Morgan fingerprint density at radius 1 is 1.31 bits per heavy atom. The van der Waals surface area contributed by atoms with E-state index in [2.05, 4.69) is 58.5 Å². The standard InChI is InChI=1S/C11H16BrN/c1-10(12)9-13-8-7-11-5-3-2-4-6-11/h2-6,10,13H,7-9H2,1H3. The van der Waals surface area contributed by atoms with Gasteiger partial charge in [0.25, 0.3) is 0 Å². The lowest BCUT2D eigenvalue weighted by Crippen LogP contribution is -2.23. The zero-order valence-corrected chi connectivity index (χ0v) is 9.55. The monoisotopic (exact) mass is 241 g/mol. The van der Waals surface area contributed by atoms with Crippen molar-refractivity contribution < 1.29 is 0 Å². The Morgan fingerprint density at radius 3 is 2.62 bits per heavy atom. The molecule has 0 radical (unpaired) electrons. The summed E-state index contributed by atoms with van der Waals surface area (Å²) in [7, 11) is 0. The molecule has 0 fully saturated rings. The Hall–Kier alpha value is -0.340. The minimum Gasteiger partial charge on any atom is -0.315 e. The molecule has 0 bridgehead atoms. The van der Waals surface area contributed by atoms with Gasteiger partial charge in [-0.2, -0.15) is 0 Å². The summed E-state index contributed by atoms with van der Waals surface area (Å²) in [5.74, 6) is 0. The molecule has 0 saturated carbocycles. The molecule has 1 aromatic carbocycles. The maximum Gasteiger partial charge on any atom is 0.0242 e. The predicted molar refractivity (Wildman–Crippen MR) is 61.4 cm³/mol. The maximum atomic E-state index is 3.50. The van der Waals surface area contributed by atoms with Crippen LogP contribution in [-0.4, -0.2) is 17.9 Å². The van der Waals surface area contributed by atoms with Crippen LogP contribution in [0.15, 0.2) is 30.3 Å². The number of rotatable bonds is 5. The second kappa shape index (κ2) is 6.17. The van der Waals surface area contributed by atoms with Gasteiger partial charge < -0.3 is 5.32 Å². The van der Waals surface area contributed by atoms with Gasteiger partial charge in [0.2, 0.25) is 0 Å². The van der Waals surface area contributed by atoms with E-state index in [0.717, 1.165) is 19.5 Å².